The van der Waals surface area contributed by atoms with E-state index in [-0.39, 0.29) is 18.0 Å². The van der Waals surface area contributed by atoms with Gasteiger partial charge in [0.05, 0.1) is 5.69 Å². The molecular formula is C16H20N4O. The number of likely N-dealkylation sites (tertiary alicyclic amines) is 1. The van der Waals surface area contributed by atoms with Gasteiger partial charge in [0.25, 0.3) is 5.91 Å². The van der Waals surface area contributed by atoms with Crippen LogP contribution in [0.1, 0.15) is 30.1 Å². The maximum Gasteiger partial charge on any atom is 0.254 e. The molecule has 0 radical (unpaired) electrons. The number of nitrogens with zero attached hydrogens (tertiary/aromatic N) is 3. The van der Waals surface area contributed by atoms with Gasteiger partial charge in [0.2, 0.25) is 0 Å². The quantitative estimate of drug-likeness (QED) is 0.915. The van der Waals surface area contributed by atoms with Gasteiger partial charge < -0.3 is 10.6 Å². The molecule has 1 amide bonds. The van der Waals surface area contributed by atoms with Gasteiger partial charge in [-0.1, -0.05) is 6.07 Å². The van der Waals surface area contributed by atoms with Gasteiger partial charge in [0.15, 0.2) is 0 Å². The lowest BCUT2D eigenvalue weighted by Crippen LogP contribution is -2.48. The number of carbonyl (C=O) groups excluding carboxylic acids is 1. The Kier molecular flexibility index (Phi) is 3.75. The number of hydrogen-bond acceptors (Lipinski definition) is 3. The highest BCUT2D eigenvalue weighted by Crippen LogP contribution is 2.20. The number of nitrogens with two attached hydrogens (primary N) is 1. The molecule has 1 fully saturated rings. The van der Waals surface area contributed by atoms with Crippen molar-refractivity contribution in [3.05, 3.63) is 48.3 Å². The van der Waals surface area contributed by atoms with Crippen LogP contribution in [0.25, 0.3) is 5.69 Å². The smallest absolute Gasteiger partial charge is 0.254 e. The Labute approximate surface area is 124 Å². The average molecular weight is 284 g/mol. The van der Waals surface area contributed by atoms with Crippen LogP contribution < -0.4 is 5.73 Å². The standard InChI is InChI=1S/C16H20N4O/c1-12-10-14(17)6-9-19(12)16(21)13-4-2-5-15(11-13)20-8-3-7-18-20/h2-5,7-8,11-12,14H,6,9-10,17H2,1H3. The van der Waals surface area contributed by atoms with Gasteiger partial charge >= 0.3 is 0 Å². The molecule has 0 bridgehead atoms. The maximum atomic E-state index is 12.7. The van der Waals surface area contributed by atoms with E-state index in [4.69, 9.17) is 5.73 Å². The molecule has 21 heavy (non-hydrogen) atoms. The summed E-state index contributed by atoms with van der Waals surface area (Å²) in [4.78, 5) is 14.6. The minimum absolute atomic E-state index is 0.0726. The monoisotopic (exact) mass is 284 g/mol. The average Bonchev–Trinajstić information content (AvgIpc) is 3.01. The summed E-state index contributed by atoms with van der Waals surface area (Å²) in [5.74, 6) is 0.0726. The van der Waals surface area contributed by atoms with Crippen LogP contribution in [0.3, 0.4) is 0 Å². The highest BCUT2D eigenvalue weighted by molar-refractivity contribution is 5.95. The molecule has 5 nitrogen and oxygen atoms in total. The molecule has 2 atom stereocenters. The second-order valence-corrected chi connectivity index (χ2v) is 5.63. The summed E-state index contributed by atoms with van der Waals surface area (Å²) >= 11 is 0. The Morgan fingerprint density at radius 3 is 2.95 bits per heavy atom. The summed E-state index contributed by atoms with van der Waals surface area (Å²) in [5, 5.41) is 4.20. The molecule has 5 heteroatoms. The van der Waals surface area contributed by atoms with Crippen LogP contribution in [-0.2, 0) is 0 Å². The van der Waals surface area contributed by atoms with Gasteiger partial charge in [0, 0.05) is 36.6 Å². The molecule has 3 rings (SSSR count). The molecule has 0 aliphatic carbocycles. The molecule has 1 saturated heterocycles. The number of benzene rings is 1. The first-order valence-corrected chi connectivity index (χ1v) is 7.32. The van der Waals surface area contributed by atoms with Crippen molar-refractivity contribution in [2.75, 3.05) is 6.54 Å². The predicted molar refractivity (Wildman–Crippen MR) is 81.3 cm³/mol. The molecule has 1 aromatic heterocycles. The molecule has 1 aliphatic heterocycles. The third-order valence-electron chi connectivity index (χ3n) is 4.04. The van der Waals surface area contributed by atoms with Crippen molar-refractivity contribution in [2.24, 2.45) is 5.73 Å². The normalized spacial score (nSPS) is 22.3. The van der Waals surface area contributed by atoms with E-state index in [9.17, 15) is 4.79 Å². The Hall–Kier alpha value is -2.14. The number of hydrogen-bond donors (Lipinski definition) is 1. The van der Waals surface area contributed by atoms with Gasteiger partial charge in [-0.3, -0.25) is 4.79 Å². The van der Waals surface area contributed by atoms with Crippen LogP contribution >= 0.6 is 0 Å². The van der Waals surface area contributed by atoms with Crippen molar-refractivity contribution in [3.63, 3.8) is 0 Å². The summed E-state index contributed by atoms with van der Waals surface area (Å²) < 4.78 is 1.76. The Morgan fingerprint density at radius 1 is 1.38 bits per heavy atom. The fourth-order valence-electron chi connectivity index (χ4n) is 2.88. The van der Waals surface area contributed by atoms with E-state index >= 15 is 0 Å². The summed E-state index contributed by atoms with van der Waals surface area (Å²) in [5.41, 5.74) is 7.56. The van der Waals surface area contributed by atoms with Gasteiger partial charge in [-0.15, -0.1) is 0 Å². The van der Waals surface area contributed by atoms with Crippen LogP contribution in [0.15, 0.2) is 42.7 Å². The number of rotatable bonds is 2. The number of aromatic nitrogens is 2. The zero-order valence-corrected chi connectivity index (χ0v) is 12.1. The highest BCUT2D eigenvalue weighted by Gasteiger charge is 2.27. The first-order chi connectivity index (χ1) is 10.1. The lowest BCUT2D eigenvalue weighted by Gasteiger charge is -2.36. The second-order valence-electron chi connectivity index (χ2n) is 5.63. The Bertz CT molecular complexity index is 623. The number of amides is 1. The zero-order valence-electron chi connectivity index (χ0n) is 12.1. The minimum atomic E-state index is 0.0726. The van der Waals surface area contributed by atoms with E-state index in [1.54, 1.807) is 10.9 Å². The van der Waals surface area contributed by atoms with Crippen molar-refractivity contribution in [1.29, 1.82) is 0 Å². The zero-order chi connectivity index (χ0) is 14.8. The van der Waals surface area contributed by atoms with E-state index < -0.39 is 0 Å². The first kappa shape index (κ1) is 13.8. The van der Waals surface area contributed by atoms with E-state index in [0.29, 0.717) is 5.56 Å². The van der Waals surface area contributed by atoms with Crippen molar-refractivity contribution >= 4 is 5.91 Å². The molecule has 110 valence electrons. The summed E-state index contributed by atoms with van der Waals surface area (Å²) in [6, 6.07) is 9.84. The maximum absolute atomic E-state index is 12.7. The lowest BCUT2D eigenvalue weighted by molar-refractivity contribution is 0.0619. The Balaban J connectivity index is 1.83. The van der Waals surface area contributed by atoms with Crippen LogP contribution in [-0.4, -0.2) is 39.2 Å². The molecule has 0 spiro atoms. The molecule has 2 aromatic rings. The third-order valence-corrected chi connectivity index (χ3v) is 4.04. The Morgan fingerprint density at radius 2 is 2.24 bits per heavy atom. The van der Waals surface area contributed by atoms with Crippen molar-refractivity contribution in [2.45, 2.75) is 31.8 Å². The van der Waals surface area contributed by atoms with E-state index in [2.05, 4.69) is 12.0 Å². The molecule has 0 saturated carbocycles. The lowest BCUT2D eigenvalue weighted by atomic mass is 9.98. The van der Waals surface area contributed by atoms with Gasteiger partial charge in [0.1, 0.15) is 0 Å². The number of carbonyl (C=O) groups is 1. The molecule has 1 aliphatic rings. The fraction of sp³-hybridized carbons (Fsp3) is 0.375. The van der Waals surface area contributed by atoms with Crippen molar-refractivity contribution in [3.8, 4) is 5.69 Å². The van der Waals surface area contributed by atoms with Crippen LogP contribution in [0.5, 0.6) is 0 Å². The molecule has 2 unspecified atom stereocenters. The molecule has 2 N–H and O–H groups in total. The molecular weight excluding hydrogens is 264 g/mol. The summed E-state index contributed by atoms with van der Waals surface area (Å²) in [6.45, 7) is 2.79. The SMILES string of the molecule is CC1CC(N)CCN1C(=O)c1cccc(-n2cccn2)c1. The topological polar surface area (TPSA) is 64.2 Å². The third kappa shape index (κ3) is 2.83. The fourth-order valence-corrected chi connectivity index (χ4v) is 2.88. The van der Waals surface area contributed by atoms with E-state index in [0.717, 1.165) is 25.1 Å². The molecule has 1 aromatic carbocycles. The van der Waals surface area contributed by atoms with Crippen molar-refractivity contribution in [1.82, 2.24) is 14.7 Å². The summed E-state index contributed by atoms with van der Waals surface area (Å²) in [6.07, 6.45) is 5.33. The van der Waals surface area contributed by atoms with Crippen molar-refractivity contribution < 1.29 is 4.79 Å². The minimum Gasteiger partial charge on any atom is -0.336 e. The second kappa shape index (κ2) is 5.69. The van der Waals surface area contributed by atoms with Crippen LogP contribution in [0.2, 0.25) is 0 Å². The first-order valence-electron chi connectivity index (χ1n) is 7.32. The molecule has 2 heterocycles. The van der Waals surface area contributed by atoms with Gasteiger partial charge in [-0.05, 0) is 44.0 Å². The highest BCUT2D eigenvalue weighted by atomic mass is 16.2. The number of piperidine rings is 1. The van der Waals surface area contributed by atoms with Crippen LogP contribution in [0.4, 0.5) is 0 Å². The van der Waals surface area contributed by atoms with Crippen LogP contribution in [0, 0.1) is 0 Å². The van der Waals surface area contributed by atoms with Gasteiger partial charge in [-0.25, -0.2) is 4.68 Å². The van der Waals surface area contributed by atoms with E-state index in [1.807, 2.05) is 41.4 Å². The van der Waals surface area contributed by atoms with E-state index in [1.165, 1.54) is 0 Å². The predicted octanol–water partition coefficient (Wildman–Crippen LogP) is 1.82. The largest absolute Gasteiger partial charge is 0.336 e. The van der Waals surface area contributed by atoms with Gasteiger partial charge in [-0.2, -0.15) is 5.10 Å². The summed E-state index contributed by atoms with van der Waals surface area (Å²) in [7, 11) is 0.